The van der Waals surface area contributed by atoms with Crippen molar-refractivity contribution in [2.75, 3.05) is 5.73 Å². The van der Waals surface area contributed by atoms with E-state index in [-0.39, 0.29) is 31.6 Å². The smallest absolute Gasteiger partial charge is 0.293 e. The molecule has 0 bridgehead atoms. The number of para-hydroxylation sites is 2. The largest absolute Gasteiger partial charge is 0.375 e. The number of nitro benzene ring substituents is 1. The quantitative estimate of drug-likeness (QED) is 0.208. The third kappa shape index (κ3) is 3.51. The van der Waals surface area contributed by atoms with E-state index in [9.17, 15) is 14.9 Å². The SMILES string of the molecule is Nc1nc2c(s1)c(=O)n(-c1ccccc1[N+](=O)[O-])c(=S)n2-c1nnc(-c2ccccc2Cl)s1. The molecule has 0 fully saturated rings. The monoisotopic (exact) mass is 515 g/mol. The Kier molecular flexibility index (Phi) is 5.25. The average molecular weight is 516 g/mol. The fraction of sp³-hybridized carbons (Fsp3) is 0. The van der Waals surface area contributed by atoms with Crippen LogP contribution in [0.4, 0.5) is 10.8 Å². The maximum Gasteiger partial charge on any atom is 0.293 e. The first-order valence-electron chi connectivity index (χ1n) is 9.13. The summed E-state index contributed by atoms with van der Waals surface area (Å²) >= 11 is 14.0. The van der Waals surface area contributed by atoms with E-state index in [0.717, 1.165) is 15.9 Å². The molecule has 0 aliphatic heterocycles. The van der Waals surface area contributed by atoms with E-state index in [1.807, 2.05) is 6.07 Å². The Bertz CT molecular complexity index is 1690. The molecule has 164 valence electrons. The van der Waals surface area contributed by atoms with E-state index in [4.69, 9.17) is 29.6 Å². The second-order valence-electron chi connectivity index (χ2n) is 6.58. The summed E-state index contributed by atoms with van der Waals surface area (Å²) in [4.78, 5) is 28.6. The summed E-state index contributed by atoms with van der Waals surface area (Å²) in [5, 5.41) is 21.5. The highest BCUT2D eigenvalue weighted by Gasteiger charge is 2.24. The van der Waals surface area contributed by atoms with Crippen LogP contribution in [-0.4, -0.2) is 29.2 Å². The average Bonchev–Trinajstić information content (AvgIpc) is 3.42. The number of nitrogen functional groups attached to an aromatic ring is 1. The van der Waals surface area contributed by atoms with E-state index in [1.165, 1.54) is 34.1 Å². The summed E-state index contributed by atoms with van der Waals surface area (Å²) in [6.45, 7) is 0. The molecule has 3 heterocycles. The van der Waals surface area contributed by atoms with Gasteiger partial charge in [-0.15, -0.1) is 10.2 Å². The summed E-state index contributed by atoms with van der Waals surface area (Å²) < 4.78 is 2.64. The van der Waals surface area contributed by atoms with Crippen LogP contribution in [-0.2, 0) is 0 Å². The first kappa shape index (κ1) is 21.3. The minimum atomic E-state index is -0.577. The van der Waals surface area contributed by atoms with Crippen LogP contribution in [0.5, 0.6) is 0 Å². The molecule has 0 unspecified atom stereocenters. The van der Waals surface area contributed by atoms with Gasteiger partial charge in [-0.1, -0.05) is 64.6 Å². The fourth-order valence-corrected chi connectivity index (χ4v) is 5.57. The molecule has 2 N–H and O–H groups in total. The van der Waals surface area contributed by atoms with E-state index in [0.29, 0.717) is 20.7 Å². The maximum atomic E-state index is 13.3. The van der Waals surface area contributed by atoms with Crippen molar-refractivity contribution in [1.82, 2.24) is 24.3 Å². The number of aromatic nitrogens is 5. The Hall–Kier alpha value is -3.52. The third-order valence-corrected chi connectivity index (χ3v) is 7.14. The zero-order chi connectivity index (χ0) is 23.3. The summed E-state index contributed by atoms with van der Waals surface area (Å²) in [6.07, 6.45) is 0. The fourth-order valence-electron chi connectivity index (χ4n) is 3.24. The molecular formula is C19H10ClN7O3S3. The van der Waals surface area contributed by atoms with Crippen LogP contribution in [0.15, 0.2) is 53.3 Å². The van der Waals surface area contributed by atoms with Crippen molar-refractivity contribution < 1.29 is 4.92 Å². The molecular weight excluding hydrogens is 506 g/mol. The maximum absolute atomic E-state index is 13.3. The molecule has 33 heavy (non-hydrogen) atoms. The first-order chi connectivity index (χ1) is 15.9. The van der Waals surface area contributed by atoms with Crippen LogP contribution >= 0.6 is 46.5 Å². The van der Waals surface area contributed by atoms with Crippen LogP contribution in [0.25, 0.3) is 31.7 Å². The van der Waals surface area contributed by atoms with Crippen molar-refractivity contribution >= 4 is 67.7 Å². The van der Waals surface area contributed by atoms with E-state index < -0.39 is 10.5 Å². The standard InChI is InChI=1S/C19H10ClN7O3S3/c20-10-6-2-1-5-9(10)15-23-24-18(33-15)26-14-13(32-17(21)22-14)16(28)25(19(26)31)11-7-3-4-8-12(11)27(29)30/h1-8H,(H2,21,22). The molecule has 0 radical (unpaired) electrons. The molecule has 0 aliphatic rings. The van der Waals surface area contributed by atoms with E-state index in [2.05, 4.69) is 15.2 Å². The number of nitro groups is 1. The Morgan fingerprint density at radius 2 is 1.79 bits per heavy atom. The zero-order valence-electron chi connectivity index (χ0n) is 16.2. The molecule has 0 spiro atoms. The molecule has 3 aromatic heterocycles. The Morgan fingerprint density at radius 3 is 2.55 bits per heavy atom. The lowest BCUT2D eigenvalue weighted by Crippen LogP contribution is -2.23. The zero-order valence-corrected chi connectivity index (χ0v) is 19.4. The highest BCUT2D eigenvalue weighted by molar-refractivity contribution is 7.71. The van der Waals surface area contributed by atoms with Gasteiger partial charge >= 0.3 is 0 Å². The summed E-state index contributed by atoms with van der Waals surface area (Å²) in [7, 11) is 0. The highest BCUT2D eigenvalue weighted by atomic mass is 35.5. The molecule has 0 atom stereocenters. The summed E-state index contributed by atoms with van der Waals surface area (Å²) in [5.41, 5.74) is 5.95. The van der Waals surface area contributed by atoms with Gasteiger partial charge in [-0.05, 0) is 24.4 Å². The molecule has 0 saturated heterocycles. The molecule has 10 nitrogen and oxygen atoms in total. The third-order valence-electron chi connectivity index (χ3n) is 4.65. The molecule has 2 aromatic carbocycles. The van der Waals surface area contributed by atoms with Gasteiger partial charge < -0.3 is 5.73 Å². The number of rotatable bonds is 4. The second kappa shape index (κ2) is 8.12. The van der Waals surface area contributed by atoms with Gasteiger partial charge in [0.2, 0.25) is 5.13 Å². The number of hydrogen-bond donors (Lipinski definition) is 1. The van der Waals surface area contributed by atoms with E-state index in [1.54, 1.807) is 24.3 Å². The predicted molar refractivity (Wildman–Crippen MR) is 130 cm³/mol. The normalized spacial score (nSPS) is 11.2. The molecule has 14 heteroatoms. The van der Waals surface area contributed by atoms with Crippen LogP contribution in [0.2, 0.25) is 5.02 Å². The lowest BCUT2D eigenvalue weighted by molar-refractivity contribution is -0.384. The second-order valence-corrected chi connectivity index (χ2v) is 9.34. The number of fused-ring (bicyclic) bond motifs is 1. The van der Waals surface area contributed by atoms with Crippen molar-refractivity contribution in [3.63, 3.8) is 0 Å². The van der Waals surface area contributed by atoms with Gasteiger partial charge in [-0.25, -0.2) is 14.1 Å². The van der Waals surface area contributed by atoms with Crippen LogP contribution in [0, 0.1) is 14.9 Å². The number of benzene rings is 2. The first-order valence-corrected chi connectivity index (χ1v) is 11.6. The van der Waals surface area contributed by atoms with Gasteiger partial charge in [-0.3, -0.25) is 14.9 Å². The number of nitrogens with two attached hydrogens (primary N) is 1. The van der Waals surface area contributed by atoms with Gasteiger partial charge in [0.25, 0.3) is 11.2 Å². The molecule has 0 aliphatic carbocycles. The summed E-state index contributed by atoms with van der Waals surface area (Å²) in [5.74, 6) is 0. The van der Waals surface area contributed by atoms with Gasteiger partial charge in [-0.2, -0.15) is 0 Å². The van der Waals surface area contributed by atoms with Crippen molar-refractivity contribution in [2.24, 2.45) is 0 Å². The lowest BCUT2D eigenvalue weighted by Gasteiger charge is -2.11. The van der Waals surface area contributed by atoms with E-state index >= 15 is 0 Å². The number of anilines is 1. The van der Waals surface area contributed by atoms with Crippen LogP contribution in [0.1, 0.15) is 0 Å². The topological polar surface area (TPSA) is 135 Å². The molecule has 5 rings (SSSR count). The number of thiazole rings is 1. The van der Waals surface area contributed by atoms with Crippen molar-refractivity contribution in [1.29, 1.82) is 0 Å². The van der Waals surface area contributed by atoms with Crippen molar-refractivity contribution in [3.05, 3.63) is 78.8 Å². The molecule has 0 saturated carbocycles. The summed E-state index contributed by atoms with van der Waals surface area (Å²) in [6, 6.07) is 13.0. The highest BCUT2D eigenvalue weighted by Crippen LogP contribution is 2.33. The van der Waals surface area contributed by atoms with Gasteiger partial charge in [0.15, 0.2) is 20.6 Å². The van der Waals surface area contributed by atoms with Crippen LogP contribution < -0.4 is 11.3 Å². The van der Waals surface area contributed by atoms with Gasteiger partial charge in [0.1, 0.15) is 10.4 Å². The number of hydrogen-bond acceptors (Lipinski definition) is 10. The lowest BCUT2D eigenvalue weighted by atomic mass is 10.2. The number of halogens is 1. The Balaban J connectivity index is 1.84. The van der Waals surface area contributed by atoms with Gasteiger partial charge in [0.05, 0.1) is 9.95 Å². The molecule has 0 amide bonds. The van der Waals surface area contributed by atoms with Crippen molar-refractivity contribution in [3.8, 4) is 21.4 Å². The minimum Gasteiger partial charge on any atom is -0.375 e. The number of nitrogens with zero attached hydrogens (tertiary/aromatic N) is 6. The van der Waals surface area contributed by atoms with Crippen LogP contribution in [0.3, 0.4) is 0 Å². The molecule has 5 aromatic rings. The predicted octanol–water partition coefficient (Wildman–Crippen LogP) is 4.63. The minimum absolute atomic E-state index is 0.0240. The van der Waals surface area contributed by atoms with Gasteiger partial charge in [0, 0.05) is 11.6 Å². The Labute approximate surface area is 202 Å². The Morgan fingerprint density at radius 1 is 1.06 bits per heavy atom. The van der Waals surface area contributed by atoms with Crippen molar-refractivity contribution in [2.45, 2.75) is 0 Å².